The van der Waals surface area contributed by atoms with Gasteiger partial charge in [-0.25, -0.2) is 4.98 Å². The number of aryl methyl sites for hydroxylation is 1. The summed E-state index contributed by atoms with van der Waals surface area (Å²) in [6, 6.07) is 53.6. The molecule has 0 spiro atoms. The molecule has 0 amide bonds. The van der Waals surface area contributed by atoms with Crippen molar-refractivity contribution in [1.82, 2.24) is 14.5 Å². The topological polar surface area (TPSA) is 30.7 Å². The van der Waals surface area contributed by atoms with E-state index in [0.29, 0.717) is 16.7 Å². The molecule has 9 rings (SSSR count). The molecule has 2 heterocycles. The van der Waals surface area contributed by atoms with Gasteiger partial charge in [0.25, 0.3) is 0 Å². The van der Waals surface area contributed by atoms with E-state index in [1.54, 1.807) is 16.8 Å². The lowest BCUT2D eigenvalue weighted by molar-refractivity contribution is 0.908. The van der Waals surface area contributed by atoms with E-state index in [9.17, 15) is 0 Å². The number of pyridine rings is 1. The third kappa shape index (κ3) is 4.99. The summed E-state index contributed by atoms with van der Waals surface area (Å²) in [5.74, 6) is -0.145. The average Bonchev–Trinajstić information content (AvgIpc) is 3.61. The van der Waals surface area contributed by atoms with Gasteiger partial charge in [-0.1, -0.05) is 134 Å². The van der Waals surface area contributed by atoms with Crippen LogP contribution in [0.1, 0.15) is 19.5 Å². The Morgan fingerprint density at radius 2 is 1.00 bits per heavy atom. The maximum atomic E-state index is 8.52. The van der Waals surface area contributed by atoms with Crippen LogP contribution in [-0.4, -0.2) is 14.5 Å². The Morgan fingerprint density at radius 3 is 1.53 bits per heavy atom. The molecule has 0 radical (unpaired) electrons. The Kier molecular flexibility index (Phi) is 5.88. The highest BCUT2D eigenvalue weighted by molar-refractivity contribution is 6.21. The predicted molar refractivity (Wildman–Crippen MR) is 205 cm³/mol. The average molecular weight is 633 g/mol. The summed E-state index contributed by atoms with van der Waals surface area (Å²) in [5.41, 5.74) is 10.7. The monoisotopic (exact) mass is 632 g/mol. The first-order valence-corrected chi connectivity index (χ1v) is 16.3. The van der Waals surface area contributed by atoms with Crippen molar-refractivity contribution in [2.45, 2.75) is 13.2 Å². The van der Waals surface area contributed by atoms with Crippen LogP contribution in [0.25, 0.3) is 82.8 Å². The molecule has 0 aliphatic heterocycles. The standard InChI is InChI=1S/C46H33N3/c1-2-44-48-42-15-7-8-16-43(42)49(44)37-27-25-32(26-28-37)31-17-21-34(22-18-31)45-38-11-3-5-13-40(38)46(41-14-6-4-12-39(41)45)35-23-19-33(20-24-35)36-10-9-29-47-30-36/h3-30H,2H2,1H3/i1D3,2D2. The first-order valence-electron chi connectivity index (χ1n) is 18.8. The fourth-order valence-corrected chi connectivity index (χ4v) is 7.12. The number of hydrogen-bond donors (Lipinski definition) is 0. The SMILES string of the molecule is [2H]C([2H])([2H])C([2H])([2H])c1nc2ccccc2n1-c1ccc(-c2ccc(-c3c4ccccc4c(-c4ccc(-c5cccnc5)cc4)c4ccccc34)cc2)cc1. The van der Waals surface area contributed by atoms with Crippen LogP contribution in [-0.2, 0) is 6.37 Å². The van der Waals surface area contributed by atoms with Crippen molar-refractivity contribution in [3.8, 4) is 50.2 Å². The summed E-state index contributed by atoms with van der Waals surface area (Å²) >= 11 is 0. The van der Waals surface area contributed by atoms with Gasteiger partial charge in [0.15, 0.2) is 0 Å². The van der Waals surface area contributed by atoms with Gasteiger partial charge in [-0.15, -0.1) is 0 Å². The third-order valence-electron chi connectivity index (χ3n) is 9.40. The van der Waals surface area contributed by atoms with Gasteiger partial charge in [0, 0.05) is 31.3 Å². The van der Waals surface area contributed by atoms with Crippen molar-refractivity contribution in [3.05, 3.63) is 176 Å². The zero-order chi connectivity index (χ0) is 37.0. The third-order valence-corrected chi connectivity index (χ3v) is 9.40. The first kappa shape index (κ1) is 23.9. The molecule has 49 heavy (non-hydrogen) atoms. The van der Waals surface area contributed by atoms with Crippen molar-refractivity contribution in [2.24, 2.45) is 0 Å². The smallest absolute Gasteiger partial charge is 0.114 e. The van der Waals surface area contributed by atoms with Crippen LogP contribution in [0.4, 0.5) is 0 Å². The predicted octanol–water partition coefficient (Wildman–Crippen LogP) is 12.0. The van der Waals surface area contributed by atoms with Crippen molar-refractivity contribution in [2.75, 3.05) is 0 Å². The van der Waals surface area contributed by atoms with E-state index in [2.05, 4.69) is 113 Å². The fraction of sp³-hybridized carbons (Fsp3) is 0.0435. The highest BCUT2D eigenvalue weighted by atomic mass is 15.1. The summed E-state index contributed by atoms with van der Waals surface area (Å²) in [5, 5.41) is 4.74. The second-order valence-corrected chi connectivity index (χ2v) is 12.2. The molecule has 0 N–H and O–H groups in total. The molecule has 7 aromatic carbocycles. The molecule has 0 bridgehead atoms. The van der Waals surface area contributed by atoms with Crippen molar-refractivity contribution in [3.63, 3.8) is 0 Å². The van der Waals surface area contributed by atoms with Crippen molar-refractivity contribution < 1.29 is 6.85 Å². The molecule has 3 heteroatoms. The zero-order valence-corrected chi connectivity index (χ0v) is 26.5. The highest BCUT2D eigenvalue weighted by Gasteiger charge is 2.17. The molecule has 232 valence electrons. The first-order chi connectivity index (χ1) is 26.2. The number of imidazole rings is 1. The van der Waals surface area contributed by atoms with E-state index >= 15 is 0 Å². The molecule has 9 aromatic rings. The minimum atomic E-state index is -2.89. The minimum Gasteiger partial charge on any atom is -0.296 e. The number of benzene rings is 7. The van der Waals surface area contributed by atoms with Crippen LogP contribution < -0.4 is 0 Å². The van der Waals surface area contributed by atoms with Crippen molar-refractivity contribution in [1.29, 1.82) is 0 Å². The van der Waals surface area contributed by atoms with Crippen LogP contribution in [0, 0.1) is 0 Å². The molecule has 0 aliphatic carbocycles. The number of hydrogen-bond acceptors (Lipinski definition) is 2. The number of fused-ring (bicyclic) bond motifs is 3. The van der Waals surface area contributed by atoms with Gasteiger partial charge >= 0.3 is 0 Å². The Hall–Kier alpha value is -6.32. The van der Waals surface area contributed by atoms with Crippen LogP contribution in [0.3, 0.4) is 0 Å². The van der Waals surface area contributed by atoms with E-state index in [1.807, 2.05) is 54.7 Å². The maximum absolute atomic E-state index is 8.52. The summed E-state index contributed by atoms with van der Waals surface area (Å²) in [4.78, 5) is 8.75. The van der Waals surface area contributed by atoms with Crippen LogP contribution in [0.5, 0.6) is 0 Å². The van der Waals surface area contributed by atoms with Crippen molar-refractivity contribution >= 4 is 32.6 Å². The van der Waals surface area contributed by atoms with Gasteiger partial charge in [0.2, 0.25) is 0 Å². The van der Waals surface area contributed by atoms with Crippen LogP contribution in [0.2, 0.25) is 0 Å². The van der Waals surface area contributed by atoms with E-state index in [-0.39, 0.29) is 5.82 Å². The molecule has 3 nitrogen and oxygen atoms in total. The summed E-state index contributed by atoms with van der Waals surface area (Å²) in [6.45, 7) is -2.89. The Labute approximate surface area is 292 Å². The number of rotatable bonds is 6. The van der Waals surface area contributed by atoms with E-state index in [0.717, 1.165) is 33.4 Å². The molecule has 0 fully saturated rings. The van der Waals surface area contributed by atoms with Gasteiger partial charge in [0.05, 0.1) is 11.0 Å². The summed E-state index contributed by atoms with van der Waals surface area (Å²) < 4.78 is 42.4. The normalized spacial score (nSPS) is 13.5. The molecule has 0 saturated carbocycles. The minimum absolute atomic E-state index is 0.145. The van der Waals surface area contributed by atoms with E-state index in [1.165, 1.54) is 32.7 Å². The van der Waals surface area contributed by atoms with Gasteiger partial charge in [-0.2, -0.15) is 0 Å². The second kappa shape index (κ2) is 12.0. The molecular weight excluding hydrogens is 595 g/mol. The quantitative estimate of drug-likeness (QED) is 0.171. The number of para-hydroxylation sites is 2. The number of aromatic nitrogens is 3. The lowest BCUT2D eigenvalue weighted by atomic mass is 9.85. The number of nitrogens with zero attached hydrogens (tertiary/aromatic N) is 3. The van der Waals surface area contributed by atoms with Gasteiger partial charge in [0.1, 0.15) is 5.82 Å². The molecule has 0 aliphatic rings. The Bertz CT molecular complexity index is 2750. The van der Waals surface area contributed by atoms with E-state index in [4.69, 9.17) is 6.85 Å². The Balaban J connectivity index is 1.10. The Morgan fingerprint density at radius 1 is 0.510 bits per heavy atom. The molecule has 0 atom stereocenters. The molecular formula is C46H33N3. The molecule has 2 aromatic heterocycles. The summed E-state index contributed by atoms with van der Waals surface area (Å²) in [6.07, 6.45) is 1.03. The lowest BCUT2D eigenvalue weighted by Gasteiger charge is -2.18. The molecule has 0 saturated heterocycles. The second-order valence-electron chi connectivity index (χ2n) is 12.2. The van der Waals surface area contributed by atoms with Gasteiger partial charge in [-0.3, -0.25) is 9.55 Å². The summed E-state index contributed by atoms with van der Waals surface area (Å²) in [7, 11) is 0. The lowest BCUT2D eigenvalue weighted by Crippen LogP contribution is -1.99. The zero-order valence-electron chi connectivity index (χ0n) is 31.5. The highest BCUT2D eigenvalue weighted by Crippen LogP contribution is 2.44. The maximum Gasteiger partial charge on any atom is 0.114 e. The fourth-order valence-electron chi connectivity index (χ4n) is 7.12. The largest absolute Gasteiger partial charge is 0.296 e. The molecule has 0 unspecified atom stereocenters. The van der Waals surface area contributed by atoms with Crippen LogP contribution in [0.15, 0.2) is 170 Å². The van der Waals surface area contributed by atoms with E-state index < -0.39 is 13.2 Å². The van der Waals surface area contributed by atoms with Gasteiger partial charge < -0.3 is 0 Å². The van der Waals surface area contributed by atoms with Gasteiger partial charge in [-0.05, 0) is 96.4 Å². The van der Waals surface area contributed by atoms with Crippen LogP contribution >= 0.6 is 0 Å².